The van der Waals surface area contributed by atoms with Crippen LogP contribution in [0.25, 0.3) is 0 Å². The van der Waals surface area contributed by atoms with E-state index < -0.39 is 35.8 Å². The lowest BCUT2D eigenvalue weighted by Crippen LogP contribution is -2.33. The number of aromatic nitrogens is 2. The third-order valence-electron chi connectivity index (χ3n) is 4.28. The van der Waals surface area contributed by atoms with Crippen LogP contribution in [-0.4, -0.2) is 35.8 Å². The molecule has 192 valence electrons. The van der Waals surface area contributed by atoms with Gasteiger partial charge in [0.15, 0.2) is 0 Å². The number of halogens is 9. The topological polar surface area (TPSA) is 62.6 Å². The van der Waals surface area contributed by atoms with Crippen LogP contribution in [0.5, 0.6) is 5.75 Å². The summed E-state index contributed by atoms with van der Waals surface area (Å²) in [5.74, 6) is -2.04. The Labute approximate surface area is 203 Å². The van der Waals surface area contributed by atoms with E-state index >= 15 is 0 Å². The summed E-state index contributed by atoms with van der Waals surface area (Å²) < 4.78 is 107. The Bertz CT molecular complexity index is 1240. The van der Waals surface area contributed by atoms with Gasteiger partial charge in [0.2, 0.25) is 5.95 Å². The lowest BCUT2D eigenvalue weighted by atomic mass is 10.2. The monoisotopic (exact) mass is 539 g/mol. The summed E-state index contributed by atoms with van der Waals surface area (Å²) in [6, 6.07) is 8.12. The molecule has 0 spiro atoms. The first kappa shape index (κ1) is 26.9. The summed E-state index contributed by atoms with van der Waals surface area (Å²) in [5.41, 5.74) is -1.22. The maximum atomic E-state index is 13.5. The van der Waals surface area contributed by atoms with E-state index in [1.807, 2.05) is 0 Å². The SMILES string of the molecule is CN(/N=C/c1ccc(OC(F)(F)C(F)F)cc1)c1nc(Cl)cc(Nc2ccc(F)c(C(F)(F)F)c2)n1. The minimum atomic E-state index is -4.90. The maximum Gasteiger partial charge on any atom is 0.461 e. The summed E-state index contributed by atoms with van der Waals surface area (Å²) in [6.45, 7) is 0. The smallest absolute Gasteiger partial charge is 0.428 e. The predicted octanol–water partition coefficient (Wildman–Crippen LogP) is 6.74. The molecule has 1 N–H and O–H groups in total. The number of hydrogen-bond acceptors (Lipinski definition) is 6. The quantitative estimate of drug-likeness (QED) is 0.149. The van der Waals surface area contributed by atoms with Gasteiger partial charge in [-0.05, 0) is 48.0 Å². The van der Waals surface area contributed by atoms with Crippen molar-refractivity contribution in [3.8, 4) is 5.75 Å². The highest BCUT2D eigenvalue weighted by molar-refractivity contribution is 6.29. The van der Waals surface area contributed by atoms with Crippen molar-refractivity contribution in [2.45, 2.75) is 18.7 Å². The highest BCUT2D eigenvalue weighted by atomic mass is 35.5. The third-order valence-corrected chi connectivity index (χ3v) is 4.48. The highest BCUT2D eigenvalue weighted by Gasteiger charge is 2.43. The molecule has 0 aliphatic carbocycles. The summed E-state index contributed by atoms with van der Waals surface area (Å²) in [6.07, 6.45) is -12.3. The zero-order chi connectivity index (χ0) is 26.7. The molecule has 1 heterocycles. The van der Waals surface area contributed by atoms with Crippen molar-refractivity contribution in [3.05, 3.63) is 70.6 Å². The molecule has 1 aromatic heterocycles. The molecule has 6 nitrogen and oxygen atoms in total. The molecule has 0 atom stereocenters. The number of nitrogens with zero attached hydrogens (tertiary/aromatic N) is 4. The first-order valence-electron chi connectivity index (χ1n) is 9.66. The molecule has 0 bridgehead atoms. The van der Waals surface area contributed by atoms with E-state index in [1.54, 1.807) is 0 Å². The van der Waals surface area contributed by atoms with Crippen molar-refractivity contribution in [1.29, 1.82) is 0 Å². The van der Waals surface area contributed by atoms with Gasteiger partial charge in [-0.15, -0.1) is 0 Å². The lowest BCUT2D eigenvalue weighted by Gasteiger charge is -2.16. The Morgan fingerprint density at radius 2 is 1.69 bits per heavy atom. The van der Waals surface area contributed by atoms with Crippen molar-refractivity contribution in [1.82, 2.24) is 9.97 Å². The molecule has 0 fully saturated rings. The van der Waals surface area contributed by atoms with Gasteiger partial charge in [-0.3, -0.25) is 0 Å². The van der Waals surface area contributed by atoms with Crippen molar-refractivity contribution in [2.24, 2.45) is 5.10 Å². The molecule has 0 aliphatic heterocycles. The molecule has 2 aromatic carbocycles. The van der Waals surface area contributed by atoms with E-state index in [0.717, 1.165) is 23.2 Å². The van der Waals surface area contributed by atoms with Crippen LogP contribution in [0, 0.1) is 5.82 Å². The second-order valence-electron chi connectivity index (χ2n) is 7.00. The van der Waals surface area contributed by atoms with Crippen LogP contribution in [0.3, 0.4) is 0 Å². The summed E-state index contributed by atoms with van der Waals surface area (Å²) in [5, 5.41) is 7.65. The summed E-state index contributed by atoms with van der Waals surface area (Å²) in [7, 11) is 1.41. The second-order valence-corrected chi connectivity index (χ2v) is 7.38. The first-order valence-corrected chi connectivity index (χ1v) is 10.0. The maximum absolute atomic E-state index is 13.5. The molecule has 36 heavy (non-hydrogen) atoms. The van der Waals surface area contributed by atoms with Crippen LogP contribution in [0.15, 0.2) is 53.6 Å². The van der Waals surface area contributed by atoms with Crippen LogP contribution >= 0.6 is 11.6 Å². The van der Waals surface area contributed by atoms with Gasteiger partial charge in [-0.2, -0.15) is 45.8 Å². The Kier molecular flexibility index (Phi) is 7.86. The largest absolute Gasteiger partial charge is 0.461 e. The Morgan fingerprint density at radius 1 is 1.03 bits per heavy atom. The summed E-state index contributed by atoms with van der Waals surface area (Å²) >= 11 is 5.96. The van der Waals surface area contributed by atoms with Crippen LogP contribution in [0.4, 0.5) is 52.6 Å². The molecule has 0 radical (unpaired) electrons. The van der Waals surface area contributed by atoms with Gasteiger partial charge in [0.1, 0.15) is 22.5 Å². The van der Waals surface area contributed by atoms with Crippen molar-refractivity contribution >= 4 is 35.3 Å². The number of ether oxygens (including phenoxy) is 1. The van der Waals surface area contributed by atoms with Crippen LogP contribution in [-0.2, 0) is 6.18 Å². The number of anilines is 3. The lowest BCUT2D eigenvalue weighted by molar-refractivity contribution is -0.253. The van der Waals surface area contributed by atoms with Gasteiger partial charge in [0, 0.05) is 18.8 Å². The van der Waals surface area contributed by atoms with Gasteiger partial charge in [-0.1, -0.05) is 11.6 Å². The van der Waals surface area contributed by atoms with Crippen molar-refractivity contribution in [2.75, 3.05) is 17.4 Å². The van der Waals surface area contributed by atoms with E-state index in [9.17, 15) is 35.1 Å². The fourth-order valence-electron chi connectivity index (χ4n) is 2.61. The summed E-state index contributed by atoms with van der Waals surface area (Å²) in [4.78, 5) is 8.02. The van der Waals surface area contributed by atoms with Gasteiger partial charge in [0.25, 0.3) is 0 Å². The van der Waals surface area contributed by atoms with Gasteiger partial charge >= 0.3 is 18.7 Å². The molecule has 15 heteroatoms. The molecule has 0 aliphatic rings. The number of benzene rings is 2. The fraction of sp³-hybridized carbons (Fsp3) is 0.190. The Morgan fingerprint density at radius 3 is 2.31 bits per heavy atom. The average Bonchev–Trinajstić information content (AvgIpc) is 2.78. The molecule has 0 amide bonds. The molecule has 3 rings (SSSR count). The number of hydrogen-bond donors (Lipinski definition) is 1. The van der Waals surface area contributed by atoms with Gasteiger partial charge < -0.3 is 10.1 Å². The number of nitrogens with one attached hydrogen (secondary N) is 1. The fourth-order valence-corrected chi connectivity index (χ4v) is 2.79. The number of alkyl halides is 7. The third kappa shape index (κ3) is 6.93. The van der Waals surface area contributed by atoms with Gasteiger partial charge in [0.05, 0.1) is 11.8 Å². The van der Waals surface area contributed by atoms with E-state index in [1.165, 1.54) is 31.5 Å². The number of hydrazone groups is 1. The molecular weight excluding hydrogens is 526 g/mol. The normalized spacial score (nSPS) is 12.3. The molecule has 3 aromatic rings. The standard InChI is InChI=1S/C21H14ClF8N5O/c1-35(31-10-11-2-5-13(6-3-11)36-21(29,30)18(24)25)19-33-16(22)9-17(34-19)32-12-4-7-15(23)14(8-12)20(26,27)28/h2-10,18H,1H3,(H,32,33,34)/b31-10+. The predicted molar refractivity (Wildman–Crippen MR) is 116 cm³/mol. The van der Waals surface area contributed by atoms with Crippen molar-refractivity contribution < 1.29 is 39.9 Å². The van der Waals surface area contributed by atoms with Gasteiger partial charge in [-0.25, -0.2) is 9.40 Å². The Hall–Kier alpha value is -3.68. The van der Waals surface area contributed by atoms with E-state index in [-0.39, 0.29) is 22.6 Å². The first-order chi connectivity index (χ1) is 16.7. The van der Waals surface area contributed by atoms with Crippen LogP contribution in [0.2, 0.25) is 5.15 Å². The minimum Gasteiger partial charge on any atom is -0.428 e. The van der Waals surface area contributed by atoms with Crippen LogP contribution in [0.1, 0.15) is 11.1 Å². The van der Waals surface area contributed by atoms with E-state index in [4.69, 9.17) is 11.6 Å². The Balaban J connectivity index is 1.74. The number of rotatable bonds is 8. The molecule has 0 saturated carbocycles. The zero-order valence-corrected chi connectivity index (χ0v) is 18.6. The molecule has 0 saturated heterocycles. The zero-order valence-electron chi connectivity index (χ0n) is 17.9. The highest BCUT2D eigenvalue weighted by Crippen LogP contribution is 2.34. The van der Waals surface area contributed by atoms with E-state index in [0.29, 0.717) is 17.7 Å². The van der Waals surface area contributed by atoms with Crippen LogP contribution < -0.4 is 15.1 Å². The average molecular weight is 540 g/mol. The molecule has 0 unspecified atom stereocenters. The van der Waals surface area contributed by atoms with Crippen molar-refractivity contribution in [3.63, 3.8) is 0 Å². The van der Waals surface area contributed by atoms with E-state index in [2.05, 4.69) is 25.1 Å². The minimum absolute atomic E-state index is 0.0201. The molecular formula is C21H14ClF8N5O. The second kappa shape index (κ2) is 10.5.